The first-order valence-electron chi connectivity index (χ1n) is 8.28. The molecule has 0 amide bonds. The van der Waals surface area contributed by atoms with E-state index < -0.39 is 0 Å². The Kier molecular flexibility index (Phi) is 4.51. The molecule has 2 bridgehead atoms. The number of fused-ring (bicyclic) bond motifs is 2. The van der Waals surface area contributed by atoms with Crippen LogP contribution < -0.4 is 4.74 Å². The van der Waals surface area contributed by atoms with Crippen LogP contribution in [0.4, 0.5) is 0 Å². The van der Waals surface area contributed by atoms with Gasteiger partial charge in [-0.15, -0.1) is 0 Å². The Hall–Kier alpha value is -1.06. The molecule has 2 fully saturated rings. The minimum atomic E-state index is -0.0866. The first-order valence-corrected chi connectivity index (χ1v) is 8.28. The van der Waals surface area contributed by atoms with Crippen molar-refractivity contribution in [3.63, 3.8) is 0 Å². The number of benzene rings is 1. The van der Waals surface area contributed by atoms with Gasteiger partial charge in [0.15, 0.2) is 0 Å². The highest BCUT2D eigenvalue weighted by Crippen LogP contribution is 2.33. The van der Waals surface area contributed by atoms with Crippen molar-refractivity contribution < 1.29 is 9.84 Å². The van der Waals surface area contributed by atoms with E-state index in [2.05, 4.69) is 36.9 Å². The Balaban J connectivity index is 1.56. The van der Waals surface area contributed by atoms with Gasteiger partial charge in [0.05, 0.1) is 6.10 Å². The van der Waals surface area contributed by atoms with E-state index in [0.717, 1.165) is 31.7 Å². The van der Waals surface area contributed by atoms with Crippen LogP contribution in [0.3, 0.4) is 0 Å². The van der Waals surface area contributed by atoms with Gasteiger partial charge in [0, 0.05) is 18.6 Å². The number of aliphatic hydroxyl groups excluding tert-OH is 1. The second kappa shape index (κ2) is 6.37. The topological polar surface area (TPSA) is 32.7 Å². The summed E-state index contributed by atoms with van der Waals surface area (Å²) in [5.74, 6) is 1.01. The van der Waals surface area contributed by atoms with Crippen molar-refractivity contribution in [2.24, 2.45) is 0 Å². The fourth-order valence-corrected chi connectivity index (χ4v) is 3.96. The SMILES string of the molecule is Cc1cccc(OCCN2[C@@H]3CCC[C@H]2CC(O)C3)c1C. The molecule has 0 aliphatic carbocycles. The van der Waals surface area contributed by atoms with E-state index in [9.17, 15) is 5.11 Å². The Morgan fingerprint density at radius 1 is 1.19 bits per heavy atom. The zero-order valence-corrected chi connectivity index (χ0v) is 13.2. The van der Waals surface area contributed by atoms with Gasteiger partial charge in [-0.05, 0) is 56.7 Å². The standard InChI is InChI=1S/C18H27NO2/c1-13-5-3-8-18(14(13)2)21-10-9-19-15-6-4-7-16(19)12-17(20)11-15/h3,5,8,15-17,20H,4,6-7,9-12H2,1-2H3/t15-,16+,17?. The fourth-order valence-electron chi connectivity index (χ4n) is 3.96. The molecule has 0 saturated carbocycles. The molecule has 1 aromatic rings. The monoisotopic (exact) mass is 289 g/mol. The molecule has 3 nitrogen and oxygen atoms in total. The number of hydrogen-bond acceptors (Lipinski definition) is 3. The zero-order chi connectivity index (χ0) is 14.8. The highest BCUT2D eigenvalue weighted by Gasteiger charge is 2.37. The van der Waals surface area contributed by atoms with E-state index in [1.54, 1.807) is 0 Å². The molecule has 3 atom stereocenters. The van der Waals surface area contributed by atoms with Gasteiger partial charge in [0.1, 0.15) is 12.4 Å². The Morgan fingerprint density at radius 2 is 1.90 bits per heavy atom. The molecule has 0 aromatic heterocycles. The number of aliphatic hydroxyl groups is 1. The third-order valence-electron chi connectivity index (χ3n) is 5.26. The molecule has 1 aromatic carbocycles. The highest BCUT2D eigenvalue weighted by molar-refractivity contribution is 5.38. The molecular formula is C18H27NO2. The molecule has 1 N–H and O–H groups in total. The van der Waals surface area contributed by atoms with Gasteiger partial charge in [-0.2, -0.15) is 0 Å². The summed E-state index contributed by atoms with van der Waals surface area (Å²) in [5, 5.41) is 9.95. The van der Waals surface area contributed by atoms with Gasteiger partial charge in [-0.25, -0.2) is 0 Å². The summed E-state index contributed by atoms with van der Waals surface area (Å²) in [7, 11) is 0. The number of aryl methyl sites for hydroxylation is 1. The maximum Gasteiger partial charge on any atom is 0.122 e. The van der Waals surface area contributed by atoms with Crippen LogP contribution in [0.2, 0.25) is 0 Å². The molecule has 2 aliphatic rings. The molecule has 1 unspecified atom stereocenters. The van der Waals surface area contributed by atoms with E-state index in [4.69, 9.17) is 4.74 Å². The average molecular weight is 289 g/mol. The van der Waals surface area contributed by atoms with Crippen LogP contribution in [0.25, 0.3) is 0 Å². The van der Waals surface area contributed by atoms with Crippen molar-refractivity contribution in [3.05, 3.63) is 29.3 Å². The van der Waals surface area contributed by atoms with Crippen LogP contribution in [-0.2, 0) is 0 Å². The molecule has 3 heteroatoms. The molecule has 21 heavy (non-hydrogen) atoms. The maximum absolute atomic E-state index is 9.95. The van der Waals surface area contributed by atoms with E-state index in [0.29, 0.717) is 12.1 Å². The van der Waals surface area contributed by atoms with Crippen LogP contribution >= 0.6 is 0 Å². The third-order valence-corrected chi connectivity index (χ3v) is 5.26. The van der Waals surface area contributed by atoms with Crippen LogP contribution in [0.1, 0.15) is 43.2 Å². The summed E-state index contributed by atoms with van der Waals surface area (Å²) >= 11 is 0. The van der Waals surface area contributed by atoms with Gasteiger partial charge >= 0.3 is 0 Å². The third kappa shape index (κ3) is 3.24. The smallest absolute Gasteiger partial charge is 0.122 e. The van der Waals surface area contributed by atoms with Crippen molar-refractivity contribution in [2.45, 2.75) is 64.1 Å². The number of ether oxygens (including phenoxy) is 1. The van der Waals surface area contributed by atoms with Crippen LogP contribution in [-0.4, -0.2) is 41.3 Å². The number of rotatable bonds is 4. The van der Waals surface area contributed by atoms with Gasteiger partial charge in [0.25, 0.3) is 0 Å². The normalized spacial score (nSPS) is 29.4. The Bertz CT molecular complexity index is 474. The summed E-state index contributed by atoms with van der Waals surface area (Å²) < 4.78 is 6.01. The molecule has 0 radical (unpaired) electrons. The second-order valence-corrected chi connectivity index (χ2v) is 6.65. The second-order valence-electron chi connectivity index (χ2n) is 6.65. The average Bonchev–Trinajstić information content (AvgIpc) is 2.44. The summed E-state index contributed by atoms with van der Waals surface area (Å²) in [6.45, 7) is 5.97. The molecule has 3 rings (SSSR count). The predicted molar refractivity (Wildman–Crippen MR) is 84.8 cm³/mol. The largest absolute Gasteiger partial charge is 0.492 e. The molecule has 2 saturated heterocycles. The Morgan fingerprint density at radius 3 is 2.62 bits per heavy atom. The minimum Gasteiger partial charge on any atom is -0.492 e. The van der Waals surface area contributed by atoms with Gasteiger partial charge < -0.3 is 9.84 Å². The lowest BCUT2D eigenvalue weighted by Gasteiger charge is -2.47. The first-order chi connectivity index (χ1) is 10.1. The summed E-state index contributed by atoms with van der Waals surface area (Å²) in [6.07, 6.45) is 5.58. The molecule has 0 spiro atoms. The van der Waals surface area contributed by atoms with Crippen LogP contribution in [0, 0.1) is 13.8 Å². The van der Waals surface area contributed by atoms with E-state index in [-0.39, 0.29) is 6.10 Å². The molecule has 2 heterocycles. The first kappa shape index (κ1) is 14.9. The van der Waals surface area contributed by atoms with Crippen molar-refractivity contribution in [1.29, 1.82) is 0 Å². The van der Waals surface area contributed by atoms with Gasteiger partial charge in [0.2, 0.25) is 0 Å². The fraction of sp³-hybridized carbons (Fsp3) is 0.667. The van der Waals surface area contributed by atoms with Crippen molar-refractivity contribution >= 4 is 0 Å². The van der Waals surface area contributed by atoms with Gasteiger partial charge in [-0.3, -0.25) is 4.90 Å². The molecular weight excluding hydrogens is 262 g/mol. The van der Waals surface area contributed by atoms with Crippen LogP contribution in [0.5, 0.6) is 5.75 Å². The van der Waals surface area contributed by atoms with E-state index in [1.807, 2.05) is 0 Å². The van der Waals surface area contributed by atoms with Crippen molar-refractivity contribution in [2.75, 3.05) is 13.2 Å². The zero-order valence-electron chi connectivity index (χ0n) is 13.2. The highest BCUT2D eigenvalue weighted by atomic mass is 16.5. The minimum absolute atomic E-state index is 0.0866. The number of hydrogen-bond donors (Lipinski definition) is 1. The van der Waals surface area contributed by atoms with Crippen LogP contribution in [0.15, 0.2) is 18.2 Å². The predicted octanol–water partition coefficient (Wildman–Crippen LogP) is 3.06. The maximum atomic E-state index is 9.95. The summed E-state index contributed by atoms with van der Waals surface area (Å²) in [6, 6.07) is 7.37. The lowest BCUT2D eigenvalue weighted by molar-refractivity contribution is -0.0313. The van der Waals surface area contributed by atoms with E-state index in [1.165, 1.54) is 30.4 Å². The van der Waals surface area contributed by atoms with Gasteiger partial charge in [-0.1, -0.05) is 18.6 Å². The molecule has 116 valence electrons. The van der Waals surface area contributed by atoms with Crippen molar-refractivity contribution in [1.82, 2.24) is 4.90 Å². The lowest BCUT2D eigenvalue weighted by Crippen LogP contribution is -2.54. The number of piperidine rings is 2. The summed E-state index contributed by atoms with van der Waals surface area (Å²) in [4.78, 5) is 2.58. The number of nitrogens with zero attached hydrogens (tertiary/aromatic N) is 1. The van der Waals surface area contributed by atoms with E-state index >= 15 is 0 Å². The van der Waals surface area contributed by atoms with Crippen molar-refractivity contribution in [3.8, 4) is 5.75 Å². The molecule has 2 aliphatic heterocycles. The lowest BCUT2D eigenvalue weighted by atomic mass is 9.83. The quantitative estimate of drug-likeness (QED) is 0.924. The Labute approximate surface area is 127 Å². The summed E-state index contributed by atoms with van der Waals surface area (Å²) in [5.41, 5.74) is 2.53.